The first-order valence-corrected chi connectivity index (χ1v) is 6.44. The van der Waals surface area contributed by atoms with Gasteiger partial charge >= 0.3 is 5.43 Å². The van der Waals surface area contributed by atoms with Gasteiger partial charge in [0.05, 0.1) is 6.61 Å². The Labute approximate surface area is 115 Å². The van der Waals surface area contributed by atoms with Crippen LogP contribution in [0.15, 0.2) is 42.5 Å². The van der Waals surface area contributed by atoms with E-state index >= 15 is 0 Å². The molecule has 0 aliphatic carbocycles. The van der Waals surface area contributed by atoms with Crippen LogP contribution in [-0.2, 0) is 11.2 Å². The van der Waals surface area contributed by atoms with Gasteiger partial charge in [-0.2, -0.15) is 0 Å². The number of benzene rings is 2. The van der Waals surface area contributed by atoms with E-state index in [1.54, 1.807) is 0 Å². The third kappa shape index (κ3) is 2.29. The summed E-state index contributed by atoms with van der Waals surface area (Å²) in [6.45, 7) is 0.289. The van der Waals surface area contributed by atoms with Crippen LogP contribution in [0, 0.1) is 0 Å². The summed E-state index contributed by atoms with van der Waals surface area (Å²) in [5.41, 5.74) is 2.56. The van der Waals surface area contributed by atoms with E-state index in [0.29, 0.717) is 6.42 Å². The van der Waals surface area contributed by atoms with E-state index in [2.05, 4.69) is 23.2 Å². The molecule has 0 atom stereocenters. The lowest BCUT2D eigenvalue weighted by atomic mass is 10.1. The smallest absolute Gasteiger partial charge is 0.403 e. The van der Waals surface area contributed by atoms with Gasteiger partial charge in [0.2, 0.25) is 0 Å². The number of H-pyrrole nitrogens is 1. The van der Waals surface area contributed by atoms with E-state index in [9.17, 15) is 4.79 Å². The second-order valence-electron chi connectivity index (χ2n) is 4.35. The molecule has 1 N–H and O–H groups in total. The average Bonchev–Trinajstić information content (AvgIpc) is 2.78. The Bertz CT molecular complexity index is 748. The summed E-state index contributed by atoms with van der Waals surface area (Å²) >= 11 is 5.16. The van der Waals surface area contributed by atoms with E-state index in [1.165, 1.54) is 10.8 Å². The topological polar surface area (TPSA) is 42.1 Å². The first-order valence-electron chi connectivity index (χ1n) is 6.06. The number of halogens is 1. The van der Waals surface area contributed by atoms with Crippen LogP contribution in [0.25, 0.3) is 21.8 Å². The number of nitrogens with one attached hydrogen (secondary N) is 1. The molecule has 0 saturated heterocycles. The summed E-state index contributed by atoms with van der Waals surface area (Å²) in [6.07, 6.45) is 0.641. The summed E-state index contributed by atoms with van der Waals surface area (Å²) < 4.78 is 4.78. The maximum atomic E-state index is 10.6. The van der Waals surface area contributed by atoms with Gasteiger partial charge in [0.25, 0.3) is 0 Å². The lowest BCUT2D eigenvalue weighted by Crippen LogP contribution is -2.00. The summed E-state index contributed by atoms with van der Waals surface area (Å²) in [5.74, 6) is 0. The number of carbonyl (C=O) groups is 1. The van der Waals surface area contributed by atoms with Gasteiger partial charge in [-0.3, -0.25) is 0 Å². The minimum absolute atomic E-state index is 0.289. The second-order valence-corrected chi connectivity index (χ2v) is 4.65. The standard InChI is InChI=1S/C15H12ClNO2/c16-15(18)19-9-8-10-4-3-6-12-11-5-1-2-7-13(11)17-14(10)12/h1-7,17H,8-9H2. The molecule has 96 valence electrons. The second kappa shape index (κ2) is 4.94. The highest BCUT2D eigenvalue weighted by atomic mass is 35.5. The number of rotatable bonds is 3. The minimum Gasteiger partial charge on any atom is -0.453 e. The SMILES string of the molecule is O=C(Cl)OCCc1cccc2c1[nH]c1ccccc12. The van der Waals surface area contributed by atoms with Crippen molar-refractivity contribution >= 4 is 38.8 Å². The summed E-state index contributed by atoms with van der Waals surface area (Å²) in [6, 6.07) is 14.3. The lowest BCUT2D eigenvalue weighted by Gasteiger charge is -2.03. The number of carbonyl (C=O) groups excluding carboxylic acids is 1. The van der Waals surface area contributed by atoms with Gasteiger partial charge in [-0.15, -0.1) is 0 Å². The van der Waals surface area contributed by atoms with Gasteiger partial charge in [0.15, 0.2) is 0 Å². The highest BCUT2D eigenvalue weighted by molar-refractivity contribution is 6.61. The van der Waals surface area contributed by atoms with Crippen molar-refractivity contribution < 1.29 is 9.53 Å². The van der Waals surface area contributed by atoms with Gasteiger partial charge in [0.1, 0.15) is 0 Å². The largest absolute Gasteiger partial charge is 0.453 e. The molecule has 0 aliphatic rings. The molecule has 0 fully saturated rings. The van der Waals surface area contributed by atoms with Crippen molar-refractivity contribution in [3.05, 3.63) is 48.0 Å². The molecule has 3 aromatic rings. The van der Waals surface area contributed by atoms with Crippen molar-refractivity contribution in [2.75, 3.05) is 6.61 Å². The van der Waals surface area contributed by atoms with Crippen molar-refractivity contribution in [1.82, 2.24) is 4.98 Å². The van der Waals surface area contributed by atoms with Crippen LogP contribution in [0.5, 0.6) is 0 Å². The van der Waals surface area contributed by atoms with Crippen LogP contribution in [-0.4, -0.2) is 17.0 Å². The zero-order valence-corrected chi connectivity index (χ0v) is 10.9. The normalized spacial score (nSPS) is 11.0. The Morgan fingerprint density at radius 2 is 1.89 bits per heavy atom. The van der Waals surface area contributed by atoms with E-state index in [1.807, 2.05) is 24.3 Å². The first kappa shape index (κ1) is 12.1. The number of para-hydroxylation sites is 2. The number of fused-ring (bicyclic) bond motifs is 3. The van der Waals surface area contributed by atoms with E-state index in [0.717, 1.165) is 16.6 Å². The van der Waals surface area contributed by atoms with Crippen LogP contribution in [0.4, 0.5) is 4.79 Å². The fourth-order valence-electron chi connectivity index (χ4n) is 2.38. The molecule has 0 radical (unpaired) electrons. The van der Waals surface area contributed by atoms with Crippen molar-refractivity contribution in [2.45, 2.75) is 6.42 Å². The third-order valence-corrected chi connectivity index (χ3v) is 3.32. The summed E-state index contributed by atoms with van der Waals surface area (Å²) in [7, 11) is 0. The molecule has 3 nitrogen and oxygen atoms in total. The molecular formula is C15H12ClNO2. The number of aromatic amines is 1. The molecule has 1 heterocycles. The van der Waals surface area contributed by atoms with Gasteiger partial charge < -0.3 is 9.72 Å². The number of ether oxygens (including phenoxy) is 1. The van der Waals surface area contributed by atoms with Gasteiger partial charge in [0, 0.05) is 39.8 Å². The van der Waals surface area contributed by atoms with Crippen molar-refractivity contribution in [2.24, 2.45) is 0 Å². The van der Waals surface area contributed by atoms with Crippen LogP contribution in [0.3, 0.4) is 0 Å². The zero-order chi connectivity index (χ0) is 13.2. The minimum atomic E-state index is -0.760. The molecule has 0 saturated carbocycles. The predicted molar refractivity (Wildman–Crippen MR) is 76.7 cm³/mol. The highest BCUT2D eigenvalue weighted by Gasteiger charge is 2.07. The molecule has 0 amide bonds. The van der Waals surface area contributed by atoms with Crippen LogP contribution >= 0.6 is 11.6 Å². The number of hydrogen-bond donors (Lipinski definition) is 1. The maximum absolute atomic E-state index is 10.6. The Hall–Kier alpha value is -2.00. The molecule has 19 heavy (non-hydrogen) atoms. The Morgan fingerprint density at radius 3 is 2.74 bits per heavy atom. The number of hydrogen-bond acceptors (Lipinski definition) is 2. The molecule has 3 rings (SSSR count). The van der Waals surface area contributed by atoms with Crippen molar-refractivity contribution in [3.8, 4) is 0 Å². The molecule has 4 heteroatoms. The molecule has 1 aromatic heterocycles. The van der Waals surface area contributed by atoms with E-state index < -0.39 is 5.43 Å². The Kier molecular flexibility index (Phi) is 3.13. The molecule has 0 unspecified atom stereocenters. The van der Waals surface area contributed by atoms with Crippen LogP contribution in [0.1, 0.15) is 5.56 Å². The van der Waals surface area contributed by atoms with Crippen LogP contribution in [0.2, 0.25) is 0 Å². The summed E-state index contributed by atoms with van der Waals surface area (Å²) in [5, 5.41) is 2.39. The predicted octanol–water partition coefficient (Wildman–Crippen LogP) is 4.24. The fourth-order valence-corrected chi connectivity index (χ4v) is 2.46. The third-order valence-electron chi connectivity index (χ3n) is 3.21. The van der Waals surface area contributed by atoms with Gasteiger partial charge in [-0.25, -0.2) is 4.79 Å². The van der Waals surface area contributed by atoms with E-state index in [-0.39, 0.29) is 6.61 Å². The lowest BCUT2D eigenvalue weighted by molar-refractivity contribution is 0.175. The molecule has 0 bridgehead atoms. The first-order chi connectivity index (χ1) is 9.25. The van der Waals surface area contributed by atoms with Gasteiger partial charge in [-0.05, 0) is 11.6 Å². The molecule has 2 aromatic carbocycles. The van der Waals surface area contributed by atoms with Crippen molar-refractivity contribution in [1.29, 1.82) is 0 Å². The molecule has 0 aliphatic heterocycles. The molecule has 0 spiro atoms. The average molecular weight is 274 g/mol. The number of aromatic nitrogens is 1. The van der Waals surface area contributed by atoms with Crippen molar-refractivity contribution in [3.63, 3.8) is 0 Å². The van der Waals surface area contributed by atoms with Gasteiger partial charge in [-0.1, -0.05) is 36.4 Å². The highest BCUT2D eigenvalue weighted by Crippen LogP contribution is 2.27. The monoisotopic (exact) mass is 273 g/mol. The summed E-state index contributed by atoms with van der Waals surface area (Å²) in [4.78, 5) is 14.0. The Morgan fingerprint density at radius 1 is 1.11 bits per heavy atom. The van der Waals surface area contributed by atoms with E-state index in [4.69, 9.17) is 16.3 Å². The quantitative estimate of drug-likeness (QED) is 0.725. The Balaban J connectivity index is 2.03. The maximum Gasteiger partial charge on any atom is 0.403 e. The van der Waals surface area contributed by atoms with Crippen LogP contribution < -0.4 is 0 Å². The fraction of sp³-hybridized carbons (Fsp3) is 0.133. The zero-order valence-electron chi connectivity index (χ0n) is 10.2. The molecular weight excluding hydrogens is 262 g/mol.